The maximum atomic E-state index is 11.7. The van der Waals surface area contributed by atoms with Gasteiger partial charge in [-0.15, -0.1) is 0 Å². The molecule has 2 N–H and O–H groups in total. The van der Waals surface area contributed by atoms with Crippen LogP contribution in [-0.2, 0) is 4.79 Å². The fourth-order valence-corrected chi connectivity index (χ4v) is 1.48. The molecule has 90 valence electrons. The van der Waals surface area contributed by atoms with E-state index >= 15 is 0 Å². The number of hydrogen-bond acceptors (Lipinski definition) is 2. The van der Waals surface area contributed by atoms with Crippen molar-refractivity contribution in [1.82, 2.24) is 5.32 Å². The van der Waals surface area contributed by atoms with Gasteiger partial charge in [0, 0.05) is 12.5 Å². The average molecular weight is 215 g/mol. The normalized spacial score (nSPS) is 14.7. The molecule has 0 aromatic heterocycles. The lowest BCUT2D eigenvalue weighted by Crippen LogP contribution is -2.36. The fourth-order valence-electron chi connectivity index (χ4n) is 1.48. The number of unbranched alkanes of at least 4 members (excludes halogenated alkanes) is 1. The summed E-state index contributed by atoms with van der Waals surface area (Å²) in [6.07, 6.45) is 4.35. The predicted octanol–water partition coefficient (Wildman–Crippen LogP) is 2.09. The third-order valence-electron chi connectivity index (χ3n) is 2.75. The van der Waals surface area contributed by atoms with Crippen molar-refractivity contribution in [2.75, 3.05) is 6.54 Å². The standard InChI is InChI=1S/C12H25NO2/c1-4-7-8-10(5-2)12(15)13-9-11(14)6-3/h10-11,14H,4-9H2,1-3H3,(H,13,15). The summed E-state index contributed by atoms with van der Waals surface area (Å²) in [5.74, 6) is 0.215. The Labute approximate surface area is 93.3 Å². The van der Waals surface area contributed by atoms with Gasteiger partial charge in [0.2, 0.25) is 5.91 Å². The number of aliphatic hydroxyl groups excluding tert-OH is 1. The largest absolute Gasteiger partial charge is 0.391 e. The van der Waals surface area contributed by atoms with Gasteiger partial charge in [-0.05, 0) is 19.3 Å². The lowest BCUT2D eigenvalue weighted by atomic mass is 9.98. The minimum atomic E-state index is -0.405. The number of amides is 1. The SMILES string of the molecule is CCCCC(CC)C(=O)NCC(O)CC. The molecule has 0 spiro atoms. The first-order valence-electron chi connectivity index (χ1n) is 6.11. The molecule has 0 radical (unpaired) electrons. The van der Waals surface area contributed by atoms with E-state index in [0.29, 0.717) is 13.0 Å². The molecule has 0 rings (SSSR count). The van der Waals surface area contributed by atoms with Crippen LogP contribution in [-0.4, -0.2) is 23.7 Å². The van der Waals surface area contributed by atoms with Crippen molar-refractivity contribution < 1.29 is 9.90 Å². The second kappa shape index (κ2) is 8.72. The summed E-state index contributed by atoms with van der Waals surface area (Å²) < 4.78 is 0. The fraction of sp³-hybridized carbons (Fsp3) is 0.917. The van der Waals surface area contributed by atoms with Crippen LogP contribution < -0.4 is 5.32 Å². The van der Waals surface area contributed by atoms with E-state index < -0.39 is 6.10 Å². The first-order valence-corrected chi connectivity index (χ1v) is 6.11. The number of carbonyl (C=O) groups excluding carboxylic acids is 1. The van der Waals surface area contributed by atoms with Gasteiger partial charge in [-0.1, -0.05) is 33.6 Å². The zero-order chi connectivity index (χ0) is 11.7. The average Bonchev–Trinajstić information content (AvgIpc) is 2.26. The van der Waals surface area contributed by atoms with Gasteiger partial charge in [-0.25, -0.2) is 0 Å². The Morgan fingerprint density at radius 1 is 1.27 bits per heavy atom. The van der Waals surface area contributed by atoms with E-state index in [9.17, 15) is 9.90 Å². The van der Waals surface area contributed by atoms with E-state index in [-0.39, 0.29) is 11.8 Å². The summed E-state index contributed by atoms with van der Waals surface area (Å²) in [5, 5.41) is 12.1. The maximum absolute atomic E-state index is 11.7. The summed E-state index contributed by atoms with van der Waals surface area (Å²) in [7, 11) is 0. The Bertz CT molecular complexity index is 171. The van der Waals surface area contributed by atoms with Crippen molar-refractivity contribution in [3.8, 4) is 0 Å². The van der Waals surface area contributed by atoms with Crippen molar-refractivity contribution in [2.24, 2.45) is 5.92 Å². The molecule has 0 aliphatic carbocycles. The summed E-state index contributed by atoms with van der Waals surface area (Å²) in [4.78, 5) is 11.7. The molecule has 1 amide bonds. The van der Waals surface area contributed by atoms with Crippen LogP contribution in [0.4, 0.5) is 0 Å². The lowest BCUT2D eigenvalue weighted by Gasteiger charge is -2.16. The first kappa shape index (κ1) is 14.4. The van der Waals surface area contributed by atoms with E-state index in [0.717, 1.165) is 25.7 Å². The highest BCUT2D eigenvalue weighted by Gasteiger charge is 2.15. The van der Waals surface area contributed by atoms with E-state index in [1.807, 2.05) is 13.8 Å². The highest BCUT2D eigenvalue weighted by atomic mass is 16.3. The molecule has 0 saturated carbocycles. The number of carbonyl (C=O) groups is 1. The smallest absolute Gasteiger partial charge is 0.223 e. The summed E-state index contributed by atoms with van der Waals surface area (Å²) in [6.45, 7) is 6.46. The summed E-state index contributed by atoms with van der Waals surface area (Å²) >= 11 is 0. The molecule has 3 nitrogen and oxygen atoms in total. The highest BCUT2D eigenvalue weighted by Crippen LogP contribution is 2.12. The van der Waals surface area contributed by atoms with Crippen LogP contribution >= 0.6 is 0 Å². The van der Waals surface area contributed by atoms with Crippen molar-refractivity contribution in [3.05, 3.63) is 0 Å². The van der Waals surface area contributed by atoms with Gasteiger partial charge in [-0.3, -0.25) is 4.79 Å². The summed E-state index contributed by atoms with van der Waals surface area (Å²) in [5.41, 5.74) is 0. The van der Waals surface area contributed by atoms with Crippen LogP contribution in [0.1, 0.15) is 52.9 Å². The van der Waals surface area contributed by atoms with Gasteiger partial charge in [0.1, 0.15) is 0 Å². The number of rotatable bonds is 8. The molecule has 0 saturated heterocycles. The molecule has 2 atom stereocenters. The monoisotopic (exact) mass is 215 g/mol. The van der Waals surface area contributed by atoms with Gasteiger partial charge in [0.05, 0.1) is 6.10 Å². The molecule has 0 aromatic carbocycles. The molecule has 0 aliphatic heterocycles. The lowest BCUT2D eigenvalue weighted by molar-refractivity contribution is -0.125. The Kier molecular flexibility index (Phi) is 8.38. The van der Waals surface area contributed by atoms with Crippen molar-refractivity contribution in [3.63, 3.8) is 0 Å². The zero-order valence-corrected chi connectivity index (χ0v) is 10.3. The van der Waals surface area contributed by atoms with Crippen LogP contribution in [0.5, 0.6) is 0 Å². The number of hydrogen-bond donors (Lipinski definition) is 2. The minimum absolute atomic E-state index is 0.0958. The Hall–Kier alpha value is -0.570. The van der Waals surface area contributed by atoms with Gasteiger partial charge in [0.25, 0.3) is 0 Å². The molecule has 0 fully saturated rings. The predicted molar refractivity (Wildman–Crippen MR) is 62.6 cm³/mol. The van der Waals surface area contributed by atoms with Gasteiger partial charge < -0.3 is 10.4 Å². The molecule has 2 unspecified atom stereocenters. The van der Waals surface area contributed by atoms with Crippen molar-refractivity contribution in [1.29, 1.82) is 0 Å². The highest BCUT2D eigenvalue weighted by molar-refractivity contribution is 5.78. The van der Waals surface area contributed by atoms with Crippen LogP contribution in [0.2, 0.25) is 0 Å². The number of aliphatic hydroxyl groups is 1. The molecule has 0 bridgehead atoms. The van der Waals surface area contributed by atoms with Crippen LogP contribution in [0.25, 0.3) is 0 Å². The molecule has 0 heterocycles. The molecule has 15 heavy (non-hydrogen) atoms. The van der Waals surface area contributed by atoms with Crippen molar-refractivity contribution >= 4 is 5.91 Å². The van der Waals surface area contributed by atoms with E-state index in [1.54, 1.807) is 0 Å². The number of nitrogens with one attached hydrogen (secondary N) is 1. The Balaban J connectivity index is 3.82. The second-order valence-corrected chi connectivity index (χ2v) is 4.05. The van der Waals surface area contributed by atoms with Gasteiger partial charge in [-0.2, -0.15) is 0 Å². The third-order valence-corrected chi connectivity index (χ3v) is 2.75. The maximum Gasteiger partial charge on any atom is 0.223 e. The first-order chi connectivity index (χ1) is 7.15. The van der Waals surface area contributed by atoms with Crippen molar-refractivity contribution in [2.45, 2.75) is 59.0 Å². The van der Waals surface area contributed by atoms with Crippen LogP contribution in [0.15, 0.2) is 0 Å². The van der Waals surface area contributed by atoms with E-state index in [4.69, 9.17) is 0 Å². The van der Waals surface area contributed by atoms with E-state index in [1.165, 1.54) is 0 Å². The molecule has 3 heteroatoms. The van der Waals surface area contributed by atoms with Gasteiger partial charge in [0.15, 0.2) is 0 Å². The molecule has 0 aliphatic rings. The third kappa shape index (κ3) is 6.50. The molecule has 0 aromatic rings. The Morgan fingerprint density at radius 2 is 1.93 bits per heavy atom. The van der Waals surface area contributed by atoms with Crippen LogP contribution in [0.3, 0.4) is 0 Å². The quantitative estimate of drug-likeness (QED) is 0.651. The Morgan fingerprint density at radius 3 is 2.40 bits per heavy atom. The molecular weight excluding hydrogens is 190 g/mol. The zero-order valence-electron chi connectivity index (χ0n) is 10.3. The molecular formula is C12H25NO2. The minimum Gasteiger partial charge on any atom is -0.391 e. The van der Waals surface area contributed by atoms with Crippen LogP contribution in [0, 0.1) is 5.92 Å². The van der Waals surface area contributed by atoms with Gasteiger partial charge >= 0.3 is 0 Å². The van der Waals surface area contributed by atoms with E-state index in [2.05, 4.69) is 12.2 Å². The second-order valence-electron chi connectivity index (χ2n) is 4.05. The topological polar surface area (TPSA) is 49.3 Å². The summed E-state index contributed by atoms with van der Waals surface area (Å²) in [6, 6.07) is 0.